The van der Waals surface area contributed by atoms with Crippen LogP contribution in [0.5, 0.6) is 0 Å². The zero-order valence-corrected chi connectivity index (χ0v) is 14.2. The molecule has 5 heteroatoms. The number of likely N-dealkylation sites (N-methyl/N-ethyl adjacent to an activating group) is 1. The van der Waals surface area contributed by atoms with Crippen molar-refractivity contribution in [3.63, 3.8) is 0 Å². The molecule has 3 aromatic rings. The van der Waals surface area contributed by atoms with E-state index in [1.807, 2.05) is 24.3 Å². The highest BCUT2D eigenvalue weighted by Crippen LogP contribution is 2.26. The number of nitrogens with zero attached hydrogens (tertiary/aromatic N) is 2. The number of halogens is 1. The summed E-state index contributed by atoms with van der Waals surface area (Å²) in [6.07, 6.45) is 0. The third-order valence-corrected chi connectivity index (χ3v) is 4.93. The van der Waals surface area contributed by atoms with Crippen molar-refractivity contribution in [2.75, 3.05) is 26.0 Å². The molecular formula is C17H18ClN3S. The molecule has 1 N–H and O–H groups in total. The predicted molar refractivity (Wildman–Crippen MR) is 96.0 cm³/mol. The minimum absolute atomic E-state index is 0.312. The van der Waals surface area contributed by atoms with Crippen molar-refractivity contribution in [1.29, 1.82) is 0 Å². The van der Waals surface area contributed by atoms with Crippen LogP contribution in [-0.4, -0.2) is 30.5 Å². The van der Waals surface area contributed by atoms with Crippen molar-refractivity contribution in [2.45, 2.75) is 6.04 Å². The Labute approximate surface area is 139 Å². The van der Waals surface area contributed by atoms with Gasteiger partial charge in [0.2, 0.25) is 0 Å². The van der Waals surface area contributed by atoms with Gasteiger partial charge >= 0.3 is 0 Å². The summed E-state index contributed by atoms with van der Waals surface area (Å²) in [5, 5.41) is 8.15. The van der Waals surface area contributed by atoms with Crippen molar-refractivity contribution in [3.05, 3.63) is 57.9 Å². The molecule has 3 rings (SSSR count). The van der Waals surface area contributed by atoms with Gasteiger partial charge in [0.25, 0.3) is 0 Å². The Balaban J connectivity index is 1.81. The highest BCUT2D eigenvalue weighted by Gasteiger charge is 2.15. The van der Waals surface area contributed by atoms with E-state index in [2.05, 4.69) is 52.9 Å². The van der Waals surface area contributed by atoms with Gasteiger partial charge in [-0.1, -0.05) is 41.9 Å². The number of anilines is 1. The fourth-order valence-electron chi connectivity index (χ4n) is 2.47. The Hall–Kier alpha value is -1.62. The zero-order chi connectivity index (χ0) is 15.5. The lowest BCUT2D eigenvalue weighted by molar-refractivity contribution is 0.316. The van der Waals surface area contributed by atoms with Gasteiger partial charge in [-0.3, -0.25) is 0 Å². The van der Waals surface area contributed by atoms with E-state index < -0.39 is 0 Å². The topological polar surface area (TPSA) is 28.2 Å². The summed E-state index contributed by atoms with van der Waals surface area (Å²) in [7, 11) is 4.18. The van der Waals surface area contributed by atoms with Crippen LogP contribution in [0.25, 0.3) is 10.8 Å². The smallest absolute Gasteiger partial charge is 0.139 e. The summed E-state index contributed by atoms with van der Waals surface area (Å²) in [4.78, 5) is 8.00. The summed E-state index contributed by atoms with van der Waals surface area (Å²) in [5.41, 5.74) is 0. The normalized spacial score (nSPS) is 12.7. The Morgan fingerprint density at radius 2 is 2.05 bits per heavy atom. The fraction of sp³-hybridized carbons (Fsp3) is 0.235. The minimum Gasteiger partial charge on any atom is -0.368 e. The van der Waals surface area contributed by atoms with Gasteiger partial charge in [-0.2, -0.15) is 0 Å². The average molecular weight is 332 g/mol. The van der Waals surface area contributed by atoms with Gasteiger partial charge < -0.3 is 10.2 Å². The van der Waals surface area contributed by atoms with Crippen LogP contribution in [0.3, 0.4) is 0 Å². The standard InChI is InChI=1S/C17H18ClN3S/c1-21(2)14(15-8-5-9-22-15)11-19-16-10-12-6-3-4-7-13(12)17(18)20-16/h3-10,14H,11H2,1-2H3,(H,19,20). The van der Waals surface area contributed by atoms with Gasteiger partial charge in [0.05, 0.1) is 6.04 Å². The number of hydrogen-bond donors (Lipinski definition) is 1. The first-order valence-electron chi connectivity index (χ1n) is 7.14. The summed E-state index contributed by atoms with van der Waals surface area (Å²) < 4.78 is 0. The van der Waals surface area contributed by atoms with Crippen molar-refractivity contribution in [2.24, 2.45) is 0 Å². The first-order chi connectivity index (χ1) is 10.6. The molecule has 0 saturated heterocycles. The van der Waals surface area contributed by atoms with Crippen LogP contribution in [0.2, 0.25) is 5.15 Å². The molecule has 0 spiro atoms. The first kappa shape index (κ1) is 15.3. The molecule has 2 heterocycles. The average Bonchev–Trinajstić information content (AvgIpc) is 3.01. The summed E-state index contributed by atoms with van der Waals surface area (Å²) in [6.45, 7) is 0.787. The third-order valence-electron chi connectivity index (χ3n) is 3.67. The van der Waals surface area contributed by atoms with Crippen LogP contribution in [0.4, 0.5) is 5.82 Å². The Morgan fingerprint density at radius 3 is 2.77 bits per heavy atom. The maximum absolute atomic E-state index is 6.28. The molecule has 0 aliphatic heterocycles. The molecule has 114 valence electrons. The molecule has 22 heavy (non-hydrogen) atoms. The number of aromatic nitrogens is 1. The van der Waals surface area contributed by atoms with Gasteiger partial charge in [-0.15, -0.1) is 11.3 Å². The molecule has 1 aromatic carbocycles. The number of hydrogen-bond acceptors (Lipinski definition) is 4. The van der Waals surface area contributed by atoms with E-state index in [1.165, 1.54) is 4.88 Å². The molecule has 0 aliphatic carbocycles. The molecule has 0 radical (unpaired) electrons. The second-order valence-electron chi connectivity index (χ2n) is 5.40. The maximum Gasteiger partial charge on any atom is 0.139 e. The fourth-order valence-corrected chi connectivity index (χ4v) is 3.65. The van der Waals surface area contributed by atoms with Gasteiger partial charge in [0, 0.05) is 16.8 Å². The van der Waals surface area contributed by atoms with Crippen LogP contribution in [0.15, 0.2) is 47.8 Å². The molecule has 2 aromatic heterocycles. The summed E-state index contributed by atoms with van der Waals surface area (Å²) >= 11 is 8.05. The zero-order valence-electron chi connectivity index (χ0n) is 12.6. The molecule has 0 bridgehead atoms. The molecule has 0 aliphatic rings. The number of pyridine rings is 1. The largest absolute Gasteiger partial charge is 0.368 e. The second kappa shape index (κ2) is 6.65. The maximum atomic E-state index is 6.28. The monoisotopic (exact) mass is 331 g/mol. The minimum atomic E-state index is 0.312. The van der Waals surface area contributed by atoms with Gasteiger partial charge in [0.15, 0.2) is 0 Å². The van der Waals surface area contributed by atoms with Crippen LogP contribution >= 0.6 is 22.9 Å². The van der Waals surface area contributed by atoms with Crippen LogP contribution < -0.4 is 5.32 Å². The van der Waals surface area contributed by atoms with E-state index in [0.717, 1.165) is 23.1 Å². The summed E-state index contributed by atoms with van der Waals surface area (Å²) in [5.74, 6) is 0.812. The molecule has 0 fully saturated rings. The van der Waals surface area contributed by atoms with E-state index in [1.54, 1.807) is 11.3 Å². The van der Waals surface area contributed by atoms with E-state index in [9.17, 15) is 0 Å². The van der Waals surface area contributed by atoms with Crippen molar-refractivity contribution in [3.8, 4) is 0 Å². The van der Waals surface area contributed by atoms with E-state index in [4.69, 9.17) is 11.6 Å². The number of fused-ring (bicyclic) bond motifs is 1. The number of thiophene rings is 1. The quantitative estimate of drug-likeness (QED) is 0.689. The molecule has 0 saturated carbocycles. The predicted octanol–water partition coefficient (Wildman–Crippen LogP) is 4.66. The van der Waals surface area contributed by atoms with Crippen LogP contribution in [0.1, 0.15) is 10.9 Å². The Bertz CT molecular complexity index is 756. The van der Waals surface area contributed by atoms with Crippen molar-refractivity contribution in [1.82, 2.24) is 9.88 Å². The summed E-state index contributed by atoms with van der Waals surface area (Å²) in [6, 6.07) is 14.6. The van der Waals surface area contributed by atoms with Crippen LogP contribution in [0, 0.1) is 0 Å². The van der Waals surface area contributed by atoms with E-state index in [-0.39, 0.29) is 0 Å². The van der Waals surface area contributed by atoms with Crippen LogP contribution in [-0.2, 0) is 0 Å². The number of nitrogens with one attached hydrogen (secondary N) is 1. The lowest BCUT2D eigenvalue weighted by Crippen LogP contribution is -2.26. The van der Waals surface area contributed by atoms with Crippen molar-refractivity contribution >= 4 is 39.5 Å². The highest BCUT2D eigenvalue weighted by molar-refractivity contribution is 7.10. The lowest BCUT2D eigenvalue weighted by atomic mass is 10.2. The SMILES string of the molecule is CN(C)C(CNc1cc2ccccc2c(Cl)n1)c1cccs1. The van der Waals surface area contributed by atoms with Gasteiger partial charge in [-0.05, 0) is 37.0 Å². The Kier molecular flexibility index (Phi) is 4.62. The van der Waals surface area contributed by atoms with Crippen molar-refractivity contribution < 1.29 is 0 Å². The van der Waals surface area contributed by atoms with E-state index >= 15 is 0 Å². The molecular weight excluding hydrogens is 314 g/mol. The molecule has 1 unspecified atom stereocenters. The number of benzene rings is 1. The van der Waals surface area contributed by atoms with E-state index in [0.29, 0.717) is 11.2 Å². The highest BCUT2D eigenvalue weighted by atomic mass is 35.5. The number of rotatable bonds is 5. The third kappa shape index (κ3) is 3.24. The van der Waals surface area contributed by atoms with Gasteiger partial charge in [-0.25, -0.2) is 4.98 Å². The lowest BCUT2D eigenvalue weighted by Gasteiger charge is -2.24. The molecule has 0 amide bonds. The van der Waals surface area contributed by atoms with Gasteiger partial charge in [0.1, 0.15) is 11.0 Å². The second-order valence-corrected chi connectivity index (χ2v) is 6.73. The molecule has 3 nitrogen and oxygen atoms in total. The molecule has 1 atom stereocenters. The first-order valence-corrected chi connectivity index (χ1v) is 8.40. The Morgan fingerprint density at radius 1 is 1.23 bits per heavy atom.